The Labute approximate surface area is 122 Å². The number of aromatic nitrogens is 1. The highest BCUT2D eigenvalue weighted by Crippen LogP contribution is 2.25. The number of hydrogen-bond acceptors (Lipinski definition) is 3. The van der Waals surface area contributed by atoms with E-state index >= 15 is 0 Å². The van der Waals surface area contributed by atoms with Crippen molar-refractivity contribution in [3.8, 4) is 0 Å². The third kappa shape index (κ3) is 4.29. The topological polar surface area (TPSA) is 28.2 Å². The van der Waals surface area contributed by atoms with Gasteiger partial charge in [0.15, 0.2) is 0 Å². The second kappa shape index (κ2) is 6.68. The molecule has 110 valence electrons. The fourth-order valence-corrected chi connectivity index (χ4v) is 3.23. The van der Waals surface area contributed by atoms with Gasteiger partial charge in [-0.1, -0.05) is 18.9 Å². The van der Waals surface area contributed by atoms with Crippen LogP contribution >= 0.6 is 0 Å². The molecule has 0 saturated heterocycles. The summed E-state index contributed by atoms with van der Waals surface area (Å²) >= 11 is 0. The van der Waals surface area contributed by atoms with E-state index in [-0.39, 0.29) is 0 Å². The van der Waals surface area contributed by atoms with Crippen LogP contribution in [0.25, 0.3) is 0 Å². The molecule has 1 heterocycles. The van der Waals surface area contributed by atoms with Crippen LogP contribution in [0.1, 0.15) is 49.9 Å². The van der Waals surface area contributed by atoms with Crippen LogP contribution in [0.3, 0.4) is 0 Å². The minimum Gasteiger partial charge on any atom is -0.308 e. The van der Waals surface area contributed by atoms with Crippen molar-refractivity contribution in [3.05, 3.63) is 29.6 Å². The average molecular weight is 273 g/mol. The Kier molecular flexibility index (Phi) is 4.69. The van der Waals surface area contributed by atoms with Gasteiger partial charge in [-0.2, -0.15) is 0 Å². The highest BCUT2D eigenvalue weighted by molar-refractivity contribution is 5.11. The molecule has 1 aromatic heterocycles. The minimum absolute atomic E-state index is 0.755. The molecule has 2 fully saturated rings. The molecule has 0 aromatic carbocycles. The molecule has 2 aliphatic carbocycles. The lowest BCUT2D eigenvalue weighted by Crippen LogP contribution is -2.25. The van der Waals surface area contributed by atoms with Crippen molar-refractivity contribution < 1.29 is 0 Å². The van der Waals surface area contributed by atoms with E-state index in [1.165, 1.54) is 56.5 Å². The van der Waals surface area contributed by atoms with Gasteiger partial charge in [0.1, 0.15) is 0 Å². The summed E-state index contributed by atoms with van der Waals surface area (Å²) in [5, 5.41) is 3.54. The van der Waals surface area contributed by atoms with Crippen molar-refractivity contribution in [2.75, 3.05) is 13.6 Å². The zero-order valence-electron chi connectivity index (χ0n) is 12.6. The Morgan fingerprint density at radius 2 is 1.90 bits per heavy atom. The molecule has 0 spiro atoms. The first-order valence-electron chi connectivity index (χ1n) is 8.16. The van der Waals surface area contributed by atoms with Crippen molar-refractivity contribution >= 4 is 0 Å². The molecule has 0 aliphatic heterocycles. The molecule has 20 heavy (non-hydrogen) atoms. The van der Waals surface area contributed by atoms with Crippen LogP contribution in [0.5, 0.6) is 0 Å². The normalized spacial score (nSPS) is 19.9. The second-order valence-corrected chi connectivity index (χ2v) is 6.62. The molecule has 3 nitrogen and oxygen atoms in total. The SMILES string of the molecule is CN(Cc1cccc(CNC2CC2)n1)CC1CCCC1. The molecule has 2 saturated carbocycles. The van der Waals surface area contributed by atoms with Gasteiger partial charge in [-0.05, 0) is 50.8 Å². The standard InChI is InChI=1S/C17H27N3/c1-20(12-14-5-2-3-6-14)13-17-8-4-7-16(19-17)11-18-15-9-10-15/h4,7-8,14-15,18H,2-3,5-6,9-13H2,1H3. The molecule has 0 bridgehead atoms. The van der Waals surface area contributed by atoms with E-state index in [0.29, 0.717) is 0 Å². The Morgan fingerprint density at radius 1 is 1.15 bits per heavy atom. The van der Waals surface area contributed by atoms with E-state index < -0.39 is 0 Å². The molecule has 0 atom stereocenters. The van der Waals surface area contributed by atoms with Crippen molar-refractivity contribution in [3.63, 3.8) is 0 Å². The number of nitrogens with zero attached hydrogens (tertiary/aromatic N) is 2. The van der Waals surface area contributed by atoms with Crippen LogP contribution in [-0.4, -0.2) is 29.5 Å². The van der Waals surface area contributed by atoms with E-state index in [9.17, 15) is 0 Å². The highest BCUT2D eigenvalue weighted by Gasteiger charge is 2.20. The van der Waals surface area contributed by atoms with Crippen LogP contribution in [0.4, 0.5) is 0 Å². The van der Waals surface area contributed by atoms with Gasteiger partial charge in [0, 0.05) is 25.7 Å². The predicted molar refractivity (Wildman–Crippen MR) is 82.4 cm³/mol. The van der Waals surface area contributed by atoms with E-state index in [1.807, 2.05) is 0 Å². The summed E-state index contributed by atoms with van der Waals surface area (Å²) in [5.74, 6) is 0.916. The Bertz CT molecular complexity index is 422. The summed E-state index contributed by atoms with van der Waals surface area (Å²) in [5.41, 5.74) is 2.39. The Balaban J connectivity index is 1.48. The van der Waals surface area contributed by atoms with Gasteiger partial charge in [0.2, 0.25) is 0 Å². The fourth-order valence-electron chi connectivity index (χ4n) is 3.23. The van der Waals surface area contributed by atoms with Gasteiger partial charge in [0.25, 0.3) is 0 Å². The van der Waals surface area contributed by atoms with Gasteiger partial charge in [-0.3, -0.25) is 4.98 Å². The quantitative estimate of drug-likeness (QED) is 0.828. The highest BCUT2D eigenvalue weighted by atomic mass is 15.1. The first-order chi connectivity index (χ1) is 9.79. The molecule has 3 heteroatoms. The predicted octanol–water partition coefficient (Wildman–Crippen LogP) is 2.96. The van der Waals surface area contributed by atoms with Crippen molar-refractivity contribution in [2.45, 2.75) is 57.7 Å². The number of nitrogens with one attached hydrogen (secondary N) is 1. The molecule has 1 aromatic rings. The van der Waals surface area contributed by atoms with Gasteiger partial charge < -0.3 is 10.2 Å². The van der Waals surface area contributed by atoms with E-state index in [4.69, 9.17) is 4.98 Å². The largest absolute Gasteiger partial charge is 0.308 e. The summed E-state index contributed by atoms with van der Waals surface area (Å²) in [6.45, 7) is 3.13. The molecule has 0 amide bonds. The molecule has 2 aliphatic rings. The van der Waals surface area contributed by atoms with Gasteiger partial charge in [-0.15, -0.1) is 0 Å². The average Bonchev–Trinajstić information content (AvgIpc) is 3.14. The Morgan fingerprint density at radius 3 is 2.65 bits per heavy atom. The second-order valence-electron chi connectivity index (χ2n) is 6.62. The third-order valence-electron chi connectivity index (χ3n) is 4.49. The number of hydrogen-bond donors (Lipinski definition) is 1. The summed E-state index contributed by atoms with van der Waals surface area (Å²) in [6.07, 6.45) is 8.37. The van der Waals surface area contributed by atoms with Crippen LogP contribution < -0.4 is 5.32 Å². The zero-order chi connectivity index (χ0) is 13.8. The van der Waals surface area contributed by atoms with Gasteiger partial charge >= 0.3 is 0 Å². The maximum Gasteiger partial charge on any atom is 0.0547 e. The molecule has 0 unspecified atom stereocenters. The lowest BCUT2D eigenvalue weighted by Gasteiger charge is -2.20. The maximum atomic E-state index is 4.78. The van der Waals surface area contributed by atoms with Gasteiger partial charge in [-0.25, -0.2) is 0 Å². The van der Waals surface area contributed by atoms with Crippen molar-refractivity contribution in [1.82, 2.24) is 15.2 Å². The molecule has 1 N–H and O–H groups in total. The number of pyridine rings is 1. The zero-order valence-corrected chi connectivity index (χ0v) is 12.6. The van der Waals surface area contributed by atoms with E-state index in [1.54, 1.807) is 0 Å². The monoisotopic (exact) mass is 273 g/mol. The van der Waals surface area contributed by atoms with E-state index in [2.05, 4.69) is 35.5 Å². The van der Waals surface area contributed by atoms with Crippen molar-refractivity contribution in [1.29, 1.82) is 0 Å². The smallest absolute Gasteiger partial charge is 0.0547 e. The van der Waals surface area contributed by atoms with Crippen LogP contribution in [0, 0.1) is 5.92 Å². The van der Waals surface area contributed by atoms with Crippen LogP contribution in [0.2, 0.25) is 0 Å². The lowest BCUT2D eigenvalue weighted by molar-refractivity contribution is 0.268. The lowest BCUT2D eigenvalue weighted by atomic mass is 10.1. The minimum atomic E-state index is 0.755. The van der Waals surface area contributed by atoms with E-state index in [0.717, 1.165) is 25.0 Å². The fraction of sp³-hybridized carbons (Fsp3) is 0.706. The third-order valence-corrected chi connectivity index (χ3v) is 4.49. The van der Waals surface area contributed by atoms with Gasteiger partial charge in [0.05, 0.1) is 11.4 Å². The summed E-state index contributed by atoms with van der Waals surface area (Å²) in [7, 11) is 2.23. The summed E-state index contributed by atoms with van der Waals surface area (Å²) in [4.78, 5) is 7.22. The molecular formula is C17H27N3. The molecule has 0 radical (unpaired) electrons. The molecular weight excluding hydrogens is 246 g/mol. The summed E-state index contributed by atoms with van der Waals surface area (Å²) in [6, 6.07) is 7.20. The summed E-state index contributed by atoms with van der Waals surface area (Å²) < 4.78 is 0. The molecule has 3 rings (SSSR count). The first-order valence-corrected chi connectivity index (χ1v) is 8.16. The Hall–Kier alpha value is -0.930. The first kappa shape index (κ1) is 14.0. The van der Waals surface area contributed by atoms with Crippen molar-refractivity contribution in [2.24, 2.45) is 5.92 Å². The number of rotatable bonds is 7. The van der Waals surface area contributed by atoms with Crippen LogP contribution in [0.15, 0.2) is 18.2 Å². The van der Waals surface area contributed by atoms with Crippen LogP contribution in [-0.2, 0) is 13.1 Å². The maximum absolute atomic E-state index is 4.78.